The van der Waals surface area contributed by atoms with Gasteiger partial charge in [0.15, 0.2) is 0 Å². The summed E-state index contributed by atoms with van der Waals surface area (Å²) in [6.07, 6.45) is -4.97. The van der Waals surface area contributed by atoms with Crippen molar-refractivity contribution in [3.8, 4) is 5.75 Å². The molecule has 0 amide bonds. The van der Waals surface area contributed by atoms with E-state index in [9.17, 15) is 22.0 Å². The molecule has 1 aromatic carbocycles. The van der Waals surface area contributed by atoms with Crippen molar-refractivity contribution in [1.29, 1.82) is 0 Å². The fourth-order valence-corrected chi connectivity index (χ4v) is 3.02. The predicted molar refractivity (Wildman–Crippen MR) is 73.3 cm³/mol. The molecular weight excluding hydrogens is 303 g/mol. The zero-order valence-electron chi connectivity index (χ0n) is 12.3. The third-order valence-electron chi connectivity index (χ3n) is 4.28. The summed E-state index contributed by atoms with van der Waals surface area (Å²) in [5.41, 5.74) is 0.970. The Bertz CT molecular complexity index is 472. The van der Waals surface area contributed by atoms with Crippen LogP contribution in [-0.4, -0.2) is 18.7 Å². The topological polar surface area (TPSA) is 9.23 Å². The minimum Gasteiger partial charge on any atom is -0.494 e. The number of benzene rings is 1. The van der Waals surface area contributed by atoms with E-state index in [4.69, 9.17) is 4.74 Å². The van der Waals surface area contributed by atoms with E-state index in [2.05, 4.69) is 0 Å². The largest absolute Gasteiger partial charge is 0.494 e. The van der Waals surface area contributed by atoms with Crippen LogP contribution in [0.2, 0.25) is 0 Å². The Balaban J connectivity index is 1.97. The summed E-state index contributed by atoms with van der Waals surface area (Å²) in [6, 6.07) is 7.32. The maximum Gasteiger partial charge on any atom is 0.453 e. The Morgan fingerprint density at radius 2 is 1.50 bits per heavy atom. The maximum absolute atomic E-state index is 13.3. The van der Waals surface area contributed by atoms with E-state index in [1.54, 1.807) is 12.1 Å². The highest BCUT2D eigenvalue weighted by molar-refractivity contribution is 5.29. The van der Waals surface area contributed by atoms with Gasteiger partial charge in [-0.2, -0.15) is 22.0 Å². The Labute approximate surface area is 126 Å². The summed E-state index contributed by atoms with van der Waals surface area (Å²) in [4.78, 5) is 0. The molecule has 1 aliphatic carbocycles. The molecule has 0 bridgehead atoms. The van der Waals surface area contributed by atoms with Crippen molar-refractivity contribution in [2.45, 2.75) is 50.6 Å². The summed E-state index contributed by atoms with van der Waals surface area (Å²) < 4.78 is 69.2. The number of rotatable bonds is 4. The van der Waals surface area contributed by atoms with Crippen LogP contribution in [-0.2, 0) is 0 Å². The van der Waals surface area contributed by atoms with Crippen molar-refractivity contribution < 1.29 is 26.7 Å². The molecule has 1 nitrogen and oxygen atoms in total. The first-order valence-corrected chi connectivity index (χ1v) is 7.43. The first-order chi connectivity index (χ1) is 10.3. The van der Waals surface area contributed by atoms with E-state index in [0.717, 1.165) is 11.3 Å². The lowest BCUT2D eigenvalue weighted by Crippen LogP contribution is -2.44. The van der Waals surface area contributed by atoms with Crippen molar-refractivity contribution in [3.63, 3.8) is 0 Å². The molecule has 0 unspecified atom stereocenters. The minimum atomic E-state index is -5.45. The second kappa shape index (κ2) is 6.42. The molecule has 1 saturated carbocycles. The molecule has 22 heavy (non-hydrogen) atoms. The molecular formula is C16H19F5O. The molecule has 6 heteroatoms. The second-order valence-corrected chi connectivity index (χ2v) is 5.67. The van der Waals surface area contributed by atoms with Crippen molar-refractivity contribution in [2.24, 2.45) is 5.92 Å². The van der Waals surface area contributed by atoms with Crippen LogP contribution in [0.5, 0.6) is 5.75 Å². The fourth-order valence-electron chi connectivity index (χ4n) is 3.02. The summed E-state index contributed by atoms with van der Waals surface area (Å²) in [5, 5.41) is 0. The minimum absolute atomic E-state index is 0.0379. The van der Waals surface area contributed by atoms with Crippen LogP contribution in [0.25, 0.3) is 0 Å². The van der Waals surface area contributed by atoms with Gasteiger partial charge in [0.1, 0.15) is 5.75 Å². The Morgan fingerprint density at radius 3 is 1.95 bits per heavy atom. The van der Waals surface area contributed by atoms with Gasteiger partial charge < -0.3 is 4.74 Å². The van der Waals surface area contributed by atoms with E-state index >= 15 is 0 Å². The first-order valence-electron chi connectivity index (χ1n) is 7.43. The predicted octanol–water partition coefficient (Wildman–Crippen LogP) is 5.56. The van der Waals surface area contributed by atoms with Crippen molar-refractivity contribution >= 4 is 0 Å². The molecule has 1 aromatic rings. The lowest BCUT2D eigenvalue weighted by Gasteiger charge is -2.34. The molecule has 0 radical (unpaired) electrons. The first kappa shape index (κ1) is 17.0. The number of hydrogen-bond donors (Lipinski definition) is 0. The highest BCUT2D eigenvalue weighted by Crippen LogP contribution is 2.49. The Morgan fingerprint density at radius 1 is 0.955 bits per heavy atom. The van der Waals surface area contributed by atoms with Gasteiger partial charge in [-0.25, -0.2) is 0 Å². The van der Waals surface area contributed by atoms with Gasteiger partial charge in [0, 0.05) is 5.92 Å². The van der Waals surface area contributed by atoms with Gasteiger partial charge in [-0.1, -0.05) is 12.1 Å². The van der Waals surface area contributed by atoms with Gasteiger partial charge >= 0.3 is 12.1 Å². The summed E-state index contributed by atoms with van der Waals surface area (Å²) in [7, 11) is 0. The molecule has 0 atom stereocenters. The zero-order chi connectivity index (χ0) is 16.4. The average Bonchev–Trinajstić information content (AvgIpc) is 2.47. The van der Waals surface area contributed by atoms with E-state index in [0.29, 0.717) is 19.4 Å². The SMILES string of the molecule is CCOc1ccc([C@H]2CC[C@H](C(F)(F)C(F)(F)F)CC2)cc1. The number of ether oxygens (including phenoxy) is 1. The monoisotopic (exact) mass is 322 g/mol. The van der Waals surface area contributed by atoms with Crippen LogP contribution in [0.1, 0.15) is 44.1 Å². The molecule has 0 saturated heterocycles. The van der Waals surface area contributed by atoms with Crippen molar-refractivity contribution in [1.82, 2.24) is 0 Å². The van der Waals surface area contributed by atoms with Crippen LogP contribution in [0, 0.1) is 5.92 Å². The molecule has 0 heterocycles. The molecule has 1 aliphatic rings. The number of halogens is 5. The Hall–Kier alpha value is -1.33. The molecule has 0 aromatic heterocycles. The number of hydrogen-bond acceptors (Lipinski definition) is 1. The van der Waals surface area contributed by atoms with Gasteiger partial charge in [0.2, 0.25) is 0 Å². The number of alkyl halides is 5. The van der Waals surface area contributed by atoms with E-state index in [1.807, 2.05) is 19.1 Å². The maximum atomic E-state index is 13.3. The molecule has 0 aliphatic heterocycles. The summed E-state index contributed by atoms with van der Waals surface area (Å²) in [5.74, 6) is -5.43. The molecule has 0 spiro atoms. The van der Waals surface area contributed by atoms with Gasteiger partial charge in [0.05, 0.1) is 6.61 Å². The van der Waals surface area contributed by atoms with E-state index in [1.165, 1.54) is 0 Å². The highest BCUT2D eigenvalue weighted by Gasteiger charge is 2.62. The lowest BCUT2D eigenvalue weighted by atomic mass is 9.76. The van der Waals surface area contributed by atoms with E-state index in [-0.39, 0.29) is 18.8 Å². The van der Waals surface area contributed by atoms with Crippen molar-refractivity contribution in [2.75, 3.05) is 6.61 Å². The van der Waals surface area contributed by atoms with E-state index < -0.39 is 18.0 Å². The summed E-state index contributed by atoms with van der Waals surface area (Å²) in [6.45, 7) is 2.42. The van der Waals surface area contributed by atoms with Gasteiger partial charge in [-0.05, 0) is 56.2 Å². The zero-order valence-corrected chi connectivity index (χ0v) is 12.3. The molecule has 2 rings (SSSR count). The fraction of sp³-hybridized carbons (Fsp3) is 0.625. The van der Waals surface area contributed by atoms with Gasteiger partial charge in [-0.3, -0.25) is 0 Å². The Kier molecular flexibility index (Phi) is 4.97. The van der Waals surface area contributed by atoms with Crippen LogP contribution in [0.15, 0.2) is 24.3 Å². The normalized spacial score (nSPS) is 23.4. The lowest BCUT2D eigenvalue weighted by molar-refractivity contribution is -0.305. The standard InChI is InChI=1S/C16H19F5O/c1-2-22-14-9-5-12(6-10-14)11-3-7-13(8-4-11)15(17,18)16(19,20)21/h5-6,9-11,13H,2-4,7-8H2,1H3/t11-,13-. The molecule has 124 valence electrons. The second-order valence-electron chi connectivity index (χ2n) is 5.67. The van der Waals surface area contributed by atoms with Crippen molar-refractivity contribution in [3.05, 3.63) is 29.8 Å². The average molecular weight is 322 g/mol. The van der Waals surface area contributed by atoms with Gasteiger partial charge in [0.25, 0.3) is 0 Å². The van der Waals surface area contributed by atoms with Crippen LogP contribution >= 0.6 is 0 Å². The van der Waals surface area contributed by atoms with Gasteiger partial charge in [-0.15, -0.1) is 0 Å². The summed E-state index contributed by atoms with van der Waals surface area (Å²) >= 11 is 0. The van der Waals surface area contributed by atoms with Crippen LogP contribution in [0.4, 0.5) is 22.0 Å². The molecule has 0 N–H and O–H groups in total. The van der Waals surface area contributed by atoms with Crippen LogP contribution < -0.4 is 4.74 Å². The third-order valence-corrected chi connectivity index (χ3v) is 4.28. The highest BCUT2D eigenvalue weighted by atomic mass is 19.4. The smallest absolute Gasteiger partial charge is 0.453 e. The molecule has 1 fully saturated rings. The third kappa shape index (κ3) is 3.52. The quantitative estimate of drug-likeness (QED) is 0.660. The van der Waals surface area contributed by atoms with Crippen LogP contribution in [0.3, 0.4) is 0 Å².